The van der Waals surface area contributed by atoms with E-state index in [4.69, 9.17) is 4.74 Å². The molecule has 148 valence electrons. The van der Waals surface area contributed by atoms with Crippen molar-refractivity contribution in [3.63, 3.8) is 0 Å². The number of rotatable bonds is 4. The van der Waals surface area contributed by atoms with Crippen LogP contribution in [-0.2, 0) is 0 Å². The Balaban J connectivity index is 1.47. The normalized spacial score (nSPS) is 38.1. The van der Waals surface area contributed by atoms with Crippen LogP contribution >= 0.6 is 0 Å². The molecule has 5 atom stereocenters. The molecule has 1 aromatic carbocycles. The van der Waals surface area contributed by atoms with Crippen molar-refractivity contribution in [3.05, 3.63) is 29.8 Å². The van der Waals surface area contributed by atoms with Gasteiger partial charge in [0.15, 0.2) is 0 Å². The molecule has 5 rings (SSSR count). The monoisotopic (exact) mass is 370 g/mol. The molecule has 4 bridgehead atoms. The van der Waals surface area contributed by atoms with E-state index in [0.29, 0.717) is 16.6 Å². The minimum atomic E-state index is -0.293. The Morgan fingerprint density at radius 1 is 1.15 bits per heavy atom. The second-order valence-electron chi connectivity index (χ2n) is 10.6. The summed E-state index contributed by atoms with van der Waals surface area (Å²) in [5, 5.41) is 3.32. The first-order chi connectivity index (χ1) is 12.6. The molecule has 4 aliphatic rings. The van der Waals surface area contributed by atoms with Gasteiger partial charge in [-0.2, -0.15) is 0 Å². The van der Waals surface area contributed by atoms with Gasteiger partial charge >= 0.3 is 6.09 Å². The molecular weight excluding hydrogens is 336 g/mol. The molecule has 1 N–H and O–H groups in total. The smallest absolute Gasteiger partial charge is 0.410 e. The number of hydrogen-bond donors (Lipinski definition) is 1. The highest BCUT2D eigenvalue weighted by Gasteiger charge is 2.60. The summed E-state index contributed by atoms with van der Waals surface area (Å²) in [6.45, 7) is 6.99. The average Bonchev–Trinajstić information content (AvgIpc) is 2.49. The van der Waals surface area contributed by atoms with E-state index < -0.39 is 0 Å². The number of benzene rings is 1. The first kappa shape index (κ1) is 18.8. The Hall–Kier alpha value is -1.55. The maximum Gasteiger partial charge on any atom is 0.413 e. The van der Waals surface area contributed by atoms with Crippen molar-refractivity contribution in [2.75, 3.05) is 14.1 Å². The molecule has 0 saturated heterocycles. The third-order valence-electron chi connectivity index (χ3n) is 7.32. The van der Waals surface area contributed by atoms with Gasteiger partial charge in [0.1, 0.15) is 5.75 Å². The summed E-state index contributed by atoms with van der Waals surface area (Å²) in [6, 6.07) is 8.17. The first-order valence-electron chi connectivity index (χ1n) is 10.4. The average molecular weight is 371 g/mol. The summed E-state index contributed by atoms with van der Waals surface area (Å²) in [5.74, 6) is 1.38. The fourth-order valence-corrected chi connectivity index (χ4v) is 7.07. The van der Waals surface area contributed by atoms with Gasteiger partial charge in [-0.1, -0.05) is 26.0 Å². The summed E-state index contributed by atoms with van der Waals surface area (Å²) in [4.78, 5) is 14.9. The van der Waals surface area contributed by atoms with Crippen LogP contribution in [-0.4, -0.2) is 30.6 Å². The summed E-state index contributed by atoms with van der Waals surface area (Å²) in [5.41, 5.74) is 1.83. The van der Waals surface area contributed by atoms with Crippen LogP contribution in [0.5, 0.6) is 5.75 Å². The van der Waals surface area contributed by atoms with E-state index in [1.165, 1.54) is 19.3 Å². The number of nitrogens with one attached hydrogen (secondary N) is 1. The summed E-state index contributed by atoms with van der Waals surface area (Å²) >= 11 is 0. The lowest BCUT2D eigenvalue weighted by molar-refractivity contribution is -0.114. The van der Waals surface area contributed by atoms with E-state index in [-0.39, 0.29) is 17.7 Å². The molecule has 0 heterocycles. The van der Waals surface area contributed by atoms with Gasteiger partial charge in [-0.25, -0.2) is 4.79 Å². The van der Waals surface area contributed by atoms with Crippen molar-refractivity contribution in [1.29, 1.82) is 0 Å². The molecule has 1 aromatic rings. The Bertz CT molecular complexity index is 726. The predicted molar refractivity (Wildman–Crippen MR) is 108 cm³/mol. The third-order valence-corrected chi connectivity index (χ3v) is 7.32. The second-order valence-corrected chi connectivity index (χ2v) is 10.6. The Labute approximate surface area is 163 Å². The lowest BCUT2D eigenvalue weighted by Gasteiger charge is -2.65. The summed E-state index contributed by atoms with van der Waals surface area (Å²) in [6.07, 6.45) is 6.97. The van der Waals surface area contributed by atoms with E-state index in [9.17, 15) is 4.79 Å². The Kier molecular flexibility index (Phi) is 4.34. The highest BCUT2D eigenvalue weighted by molar-refractivity contribution is 5.71. The molecule has 4 heteroatoms. The molecule has 0 aromatic heterocycles. The fourth-order valence-electron chi connectivity index (χ4n) is 7.07. The summed E-state index contributed by atoms with van der Waals surface area (Å²) < 4.78 is 5.72. The van der Waals surface area contributed by atoms with E-state index in [1.807, 2.05) is 18.2 Å². The van der Waals surface area contributed by atoms with Crippen LogP contribution in [0, 0.1) is 16.7 Å². The SMILES string of the molecule is C[C@@H](c1cccc(OC(=O)N[C@@]23CC4C[C@@](C)(C[C@@](C)(C4)C2)C3)c1)N(C)C. The van der Waals surface area contributed by atoms with E-state index in [0.717, 1.165) is 30.7 Å². The molecule has 0 radical (unpaired) electrons. The molecule has 4 nitrogen and oxygen atoms in total. The number of nitrogens with zero attached hydrogens (tertiary/aromatic N) is 1. The quantitative estimate of drug-likeness (QED) is 0.797. The lowest BCUT2D eigenvalue weighted by atomic mass is 9.43. The van der Waals surface area contributed by atoms with Gasteiger partial charge in [0.05, 0.1) is 0 Å². The van der Waals surface area contributed by atoms with Gasteiger partial charge in [0.25, 0.3) is 0 Å². The van der Waals surface area contributed by atoms with Gasteiger partial charge in [-0.15, -0.1) is 0 Å². The molecule has 4 saturated carbocycles. The molecule has 0 spiro atoms. The van der Waals surface area contributed by atoms with Crippen molar-refractivity contribution in [2.45, 2.75) is 70.9 Å². The van der Waals surface area contributed by atoms with E-state index in [1.54, 1.807) is 0 Å². The van der Waals surface area contributed by atoms with Crippen LogP contribution in [0.4, 0.5) is 4.79 Å². The van der Waals surface area contributed by atoms with E-state index in [2.05, 4.69) is 51.1 Å². The number of carbonyl (C=O) groups excluding carboxylic acids is 1. The zero-order valence-corrected chi connectivity index (χ0v) is 17.5. The molecule has 4 aliphatic carbocycles. The zero-order valence-electron chi connectivity index (χ0n) is 17.5. The van der Waals surface area contributed by atoms with Crippen molar-refractivity contribution >= 4 is 6.09 Å². The zero-order chi connectivity index (χ0) is 19.4. The molecule has 1 unspecified atom stereocenters. The van der Waals surface area contributed by atoms with Crippen LogP contribution < -0.4 is 10.1 Å². The first-order valence-corrected chi connectivity index (χ1v) is 10.4. The molecule has 1 amide bonds. The summed E-state index contributed by atoms with van der Waals surface area (Å²) in [7, 11) is 4.11. The van der Waals surface area contributed by atoms with Crippen LogP contribution in [0.3, 0.4) is 0 Å². The Morgan fingerprint density at radius 2 is 1.81 bits per heavy atom. The van der Waals surface area contributed by atoms with Gasteiger partial charge < -0.3 is 15.0 Å². The minimum absolute atomic E-state index is 0.0749. The third kappa shape index (κ3) is 3.61. The highest BCUT2D eigenvalue weighted by atomic mass is 16.6. The van der Waals surface area contributed by atoms with Gasteiger partial charge in [-0.3, -0.25) is 0 Å². The highest BCUT2D eigenvalue weighted by Crippen LogP contribution is 2.66. The topological polar surface area (TPSA) is 41.6 Å². The molecule has 0 aliphatic heterocycles. The standard InChI is InChI=1S/C23H34N2O2/c1-16(25(4)5)18-7-6-8-19(9-18)27-20(26)24-23-12-17-10-21(2,14-23)13-22(3,11-17)15-23/h6-9,16-17H,10-15H2,1-5H3,(H,24,26)/t16-,17?,21-,22+,23+/m0/s1. The van der Waals surface area contributed by atoms with Crippen LogP contribution in [0.15, 0.2) is 24.3 Å². The van der Waals surface area contributed by atoms with E-state index >= 15 is 0 Å². The fraction of sp³-hybridized carbons (Fsp3) is 0.696. The lowest BCUT2D eigenvalue weighted by Crippen LogP contribution is -2.65. The minimum Gasteiger partial charge on any atom is -0.410 e. The van der Waals surface area contributed by atoms with Gasteiger partial charge in [-0.05, 0) is 94.0 Å². The van der Waals surface area contributed by atoms with Crippen molar-refractivity contribution in [2.24, 2.45) is 16.7 Å². The maximum atomic E-state index is 12.8. The predicted octanol–water partition coefficient (Wildman–Crippen LogP) is 5.15. The van der Waals surface area contributed by atoms with Gasteiger partial charge in [0.2, 0.25) is 0 Å². The van der Waals surface area contributed by atoms with Crippen molar-refractivity contribution < 1.29 is 9.53 Å². The number of hydrogen-bond acceptors (Lipinski definition) is 3. The van der Waals surface area contributed by atoms with Crippen LogP contribution in [0.1, 0.15) is 70.9 Å². The van der Waals surface area contributed by atoms with Crippen molar-refractivity contribution in [3.8, 4) is 5.75 Å². The maximum absolute atomic E-state index is 12.8. The second kappa shape index (κ2) is 6.23. The Morgan fingerprint density at radius 3 is 2.41 bits per heavy atom. The number of carbonyl (C=O) groups is 1. The number of amides is 1. The van der Waals surface area contributed by atoms with Crippen LogP contribution in [0.25, 0.3) is 0 Å². The van der Waals surface area contributed by atoms with Gasteiger partial charge in [0, 0.05) is 11.6 Å². The van der Waals surface area contributed by atoms with Crippen molar-refractivity contribution in [1.82, 2.24) is 10.2 Å². The molecular formula is C23H34N2O2. The molecule has 27 heavy (non-hydrogen) atoms. The molecule has 4 fully saturated rings. The largest absolute Gasteiger partial charge is 0.413 e. The number of ether oxygens (including phenoxy) is 1. The van der Waals surface area contributed by atoms with Crippen LogP contribution in [0.2, 0.25) is 0 Å².